The highest BCUT2D eigenvalue weighted by atomic mass is 35.5. The van der Waals surface area contributed by atoms with Crippen molar-refractivity contribution in [3.63, 3.8) is 0 Å². The van der Waals surface area contributed by atoms with Gasteiger partial charge in [0.1, 0.15) is 10.7 Å². The number of benzene rings is 2. The Kier molecular flexibility index (Phi) is 5.58. The summed E-state index contributed by atoms with van der Waals surface area (Å²) in [4.78, 5) is 11.6. The lowest BCUT2D eigenvalue weighted by molar-refractivity contribution is 0.0958. The fraction of sp³-hybridized carbons (Fsp3) is 0.0625. The maximum atomic E-state index is 13.0. The predicted molar refractivity (Wildman–Crippen MR) is 88.2 cm³/mol. The molecule has 1 N–H and O–H groups in total. The maximum Gasteiger partial charge on any atom is 0.339 e. The Bertz CT molecular complexity index is 883. The van der Waals surface area contributed by atoms with Gasteiger partial charge in [0.2, 0.25) is 0 Å². The van der Waals surface area contributed by atoms with Crippen molar-refractivity contribution < 1.29 is 21.8 Å². The number of carbonyl (C=O) groups is 1. The fourth-order valence-electron chi connectivity index (χ4n) is 1.77. The Morgan fingerprint density at radius 1 is 1.29 bits per heavy atom. The van der Waals surface area contributed by atoms with Crippen LogP contribution in [0.25, 0.3) is 0 Å². The quantitative estimate of drug-likeness (QED) is 0.627. The topological polar surface area (TPSA) is 72.5 Å². The molecule has 24 heavy (non-hydrogen) atoms. The van der Waals surface area contributed by atoms with E-state index < -0.39 is 21.8 Å². The Balaban J connectivity index is 2.29. The van der Waals surface area contributed by atoms with E-state index in [0.29, 0.717) is 0 Å². The average Bonchev–Trinajstić information content (AvgIpc) is 2.55. The number of hydrogen-bond acceptors (Lipinski definition) is 4. The van der Waals surface area contributed by atoms with Crippen LogP contribution in [0.1, 0.15) is 10.4 Å². The van der Waals surface area contributed by atoms with Crippen molar-refractivity contribution in [2.75, 3.05) is 6.54 Å². The molecule has 2 aromatic rings. The van der Waals surface area contributed by atoms with Gasteiger partial charge in [0.05, 0.1) is 5.02 Å². The zero-order valence-corrected chi connectivity index (χ0v) is 13.9. The van der Waals surface area contributed by atoms with E-state index in [1.807, 2.05) is 0 Å². The molecule has 5 nitrogen and oxygen atoms in total. The van der Waals surface area contributed by atoms with Crippen LogP contribution in [0, 0.1) is 5.82 Å². The van der Waals surface area contributed by atoms with Crippen LogP contribution in [-0.2, 0) is 10.1 Å². The first kappa shape index (κ1) is 18.0. The highest BCUT2D eigenvalue weighted by Gasteiger charge is 2.20. The van der Waals surface area contributed by atoms with Crippen molar-refractivity contribution >= 4 is 27.6 Å². The minimum absolute atomic E-state index is 0.145. The van der Waals surface area contributed by atoms with Crippen LogP contribution in [0.3, 0.4) is 0 Å². The molecule has 0 unspecified atom stereocenters. The molecule has 0 saturated heterocycles. The molecule has 0 spiro atoms. The van der Waals surface area contributed by atoms with Gasteiger partial charge in [-0.05, 0) is 36.4 Å². The van der Waals surface area contributed by atoms with Crippen LogP contribution < -0.4 is 9.50 Å². The van der Waals surface area contributed by atoms with Crippen molar-refractivity contribution in [2.45, 2.75) is 4.90 Å². The summed E-state index contributed by atoms with van der Waals surface area (Å²) in [7, 11) is -4.23. The molecular weight excluding hydrogens is 357 g/mol. The number of rotatable bonds is 6. The van der Waals surface area contributed by atoms with Gasteiger partial charge in [0.15, 0.2) is 5.75 Å². The molecular formula is C16H13ClFNO4S. The molecule has 1 amide bonds. The lowest BCUT2D eigenvalue weighted by atomic mass is 10.2. The van der Waals surface area contributed by atoms with Gasteiger partial charge in [-0.3, -0.25) is 4.79 Å². The standard InChI is InChI=1S/C16H13ClFNO4S/c1-2-8-19-16(20)11-4-3-5-13(9-11)24(21,22)23-15-7-6-12(18)10-14(15)17/h2-7,9-10H,1,8H2,(H,19,20). The van der Waals surface area contributed by atoms with E-state index in [4.69, 9.17) is 15.8 Å². The van der Waals surface area contributed by atoms with Crippen LogP contribution in [-0.4, -0.2) is 20.9 Å². The SMILES string of the molecule is C=CCNC(=O)c1cccc(S(=O)(=O)Oc2ccc(F)cc2Cl)c1. The number of amides is 1. The van der Waals surface area contributed by atoms with E-state index in [1.54, 1.807) is 0 Å². The van der Waals surface area contributed by atoms with E-state index in [9.17, 15) is 17.6 Å². The van der Waals surface area contributed by atoms with Crippen LogP contribution in [0.4, 0.5) is 4.39 Å². The average molecular weight is 370 g/mol. The molecule has 0 aromatic heterocycles. The molecule has 126 valence electrons. The van der Waals surface area contributed by atoms with Crippen molar-refractivity contribution in [1.82, 2.24) is 5.32 Å². The van der Waals surface area contributed by atoms with E-state index in [1.165, 1.54) is 30.3 Å². The van der Waals surface area contributed by atoms with Crippen molar-refractivity contribution in [3.05, 3.63) is 71.5 Å². The summed E-state index contributed by atoms with van der Waals surface area (Å²) >= 11 is 5.76. The number of nitrogens with one attached hydrogen (secondary N) is 1. The minimum atomic E-state index is -4.23. The molecule has 0 fully saturated rings. The Labute approximate surface area is 143 Å². The van der Waals surface area contributed by atoms with Crippen LogP contribution in [0.2, 0.25) is 5.02 Å². The summed E-state index contributed by atoms with van der Waals surface area (Å²) in [5, 5.41) is 2.35. The van der Waals surface area contributed by atoms with Gasteiger partial charge in [-0.25, -0.2) is 4.39 Å². The molecule has 0 saturated carbocycles. The van der Waals surface area contributed by atoms with Crippen molar-refractivity contribution in [3.8, 4) is 5.75 Å². The summed E-state index contributed by atoms with van der Waals surface area (Å²) in [6.45, 7) is 3.72. The first-order valence-electron chi connectivity index (χ1n) is 6.72. The smallest absolute Gasteiger partial charge is 0.339 e. The highest BCUT2D eigenvalue weighted by molar-refractivity contribution is 7.87. The Morgan fingerprint density at radius 2 is 2.04 bits per heavy atom. The summed E-state index contributed by atoms with van der Waals surface area (Å²) < 4.78 is 42.5. The van der Waals surface area contributed by atoms with Crippen molar-refractivity contribution in [1.29, 1.82) is 0 Å². The zero-order chi connectivity index (χ0) is 17.7. The Morgan fingerprint density at radius 3 is 2.71 bits per heavy atom. The second-order valence-corrected chi connectivity index (χ2v) is 6.59. The maximum absolute atomic E-state index is 13.0. The van der Waals surface area contributed by atoms with Crippen molar-refractivity contribution in [2.24, 2.45) is 0 Å². The minimum Gasteiger partial charge on any atom is -0.377 e. The third kappa shape index (κ3) is 4.33. The summed E-state index contributed by atoms with van der Waals surface area (Å²) in [5.74, 6) is -1.28. The molecule has 2 rings (SSSR count). The van der Waals surface area contributed by atoms with E-state index >= 15 is 0 Å². The van der Waals surface area contributed by atoms with Crippen LogP contribution >= 0.6 is 11.6 Å². The normalized spacial score (nSPS) is 10.9. The molecule has 2 aromatic carbocycles. The predicted octanol–water partition coefficient (Wildman–Crippen LogP) is 3.16. The van der Waals surface area contributed by atoms with E-state index in [-0.39, 0.29) is 27.8 Å². The molecule has 0 atom stereocenters. The second-order valence-electron chi connectivity index (χ2n) is 4.64. The molecule has 0 aliphatic carbocycles. The number of halogens is 2. The summed E-state index contributed by atoms with van der Waals surface area (Å²) in [5.41, 5.74) is 0.145. The number of carbonyl (C=O) groups excluding carboxylic acids is 1. The highest BCUT2D eigenvalue weighted by Crippen LogP contribution is 2.28. The van der Waals surface area contributed by atoms with Gasteiger partial charge in [-0.1, -0.05) is 23.7 Å². The number of hydrogen-bond donors (Lipinski definition) is 1. The zero-order valence-electron chi connectivity index (χ0n) is 12.3. The van der Waals surface area contributed by atoms with Gasteiger partial charge >= 0.3 is 10.1 Å². The molecule has 8 heteroatoms. The van der Waals surface area contributed by atoms with Gasteiger partial charge in [-0.2, -0.15) is 8.42 Å². The van der Waals surface area contributed by atoms with Crippen LogP contribution in [0.15, 0.2) is 60.0 Å². The first-order valence-corrected chi connectivity index (χ1v) is 8.51. The lowest BCUT2D eigenvalue weighted by Gasteiger charge is -2.09. The van der Waals surface area contributed by atoms with E-state index in [2.05, 4.69) is 11.9 Å². The summed E-state index contributed by atoms with van der Waals surface area (Å²) in [6.07, 6.45) is 1.50. The van der Waals surface area contributed by atoms with Gasteiger partial charge in [-0.15, -0.1) is 6.58 Å². The Hall–Kier alpha value is -2.38. The molecule has 0 aliphatic heterocycles. The first-order chi connectivity index (χ1) is 11.3. The lowest BCUT2D eigenvalue weighted by Crippen LogP contribution is -2.23. The second kappa shape index (κ2) is 7.46. The third-order valence-corrected chi connectivity index (χ3v) is 4.41. The molecule has 0 radical (unpaired) electrons. The molecule has 0 bridgehead atoms. The molecule has 0 heterocycles. The summed E-state index contributed by atoms with van der Waals surface area (Å²) in [6, 6.07) is 8.38. The van der Waals surface area contributed by atoms with E-state index in [0.717, 1.165) is 18.2 Å². The van der Waals surface area contributed by atoms with Crippen LogP contribution in [0.5, 0.6) is 5.75 Å². The monoisotopic (exact) mass is 369 g/mol. The van der Waals surface area contributed by atoms with Gasteiger partial charge < -0.3 is 9.50 Å². The third-order valence-electron chi connectivity index (χ3n) is 2.89. The fourth-order valence-corrected chi connectivity index (χ4v) is 3.01. The van der Waals surface area contributed by atoms with Gasteiger partial charge in [0.25, 0.3) is 5.91 Å². The molecule has 0 aliphatic rings. The largest absolute Gasteiger partial charge is 0.377 e. The van der Waals surface area contributed by atoms with Gasteiger partial charge in [0, 0.05) is 12.1 Å².